The number of esters is 2. The molecule has 1 aliphatic heterocycles. The number of carbonyl (C=O) groups excluding carboxylic acids is 2. The van der Waals surface area contributed by atoms with Gasteiger partial charge in [0.2, 0.25) is 5.82 Å². The Kier molecular flexibility index (Phi) is 9.66. The van der Waals surface area contributed by atoms with Crippen molar-refractivity contribution in [1.82, 2.24) is 9.78 Å². The van der Waals surface area contributed by atoms with E-state index in [0.717, 1.165) is 18.9 Å². The van der Waals surface area contributed by atoms with E-state index in [1.807, 2.05) is 0 Å². The lowest BCUT2D eigenvalue weighted by Gasteiger charge is -2.23. The highest BCUT2D eigenvalue weighted by Gasteiger charge is 2.32. The summed E-state index contributed by atoms with van der Waals surface area (Å²) < 4.78 is 37.9. The standard InChI is InChI=1S/C26H28BrFN4O8/c1-3-37-25(33)24(26(34)38-4-2)40-14-20-17-9-8-16(13-21(17)31(30-20)22-7-5-6-10-39-22)29-19-12-15(27)11-18(28)23(19)32(35)36/h8-9,11-13,22,24,29H,3-7,10,14H2,1-2H3. The molecule has 0 amide bonds. The Labute approximate surface area is 237 Å². The fourth-order valence-electron chi connectivity index (χ4n) is 4.36. The van der Waals surface area contributed by atoms with E-state index in [4.69, 9.17) is 18.9 Å². The molecule has 0 aliphatic carbocycles. The van der Waals surface area contributed by atoms with E-state index in [-0.39, 0.29) is 31.7 Å². The predicted molar refractivity (Wildman–Crippen MR) is 144 cm³/mol. The molecule has 1 atom stereocenters. The number of halogens is 2. The lowest BCUT2D eigenvalue weighted by atomic mass is 10.1. The van der Waals surface area contributed by atoms with Gasteiger partial charge >= 0.3 is 17.6 Å². The van der Waals surface area contributed by atoms with E-state index in [2.05, 4.69) is 26.3 Å². The Balaban J connectivity index is 1.70. The minimum absolute atomic E-state index is 0.0357. The first-order valence-electron chi connectivity index (χ1n) is 12.7. The molecule has 14 heteroatoms. The monoisotopic (exact) mass is 622 g/mol. The van der Waals surface area contributed by atoms with Gasteiger partial charge in [-0.1, -0.05) is 15.9 Å². The zero-order valence-corrected chi connectivity index (χ0v) is 23.4. The molecule has 1 aromatic heterocycles. The Hall–Kier alpha value is -3.62. The fourth-order valence-corrected chi connectivity index (χ4v) is 4.79. The van der Waals surface area contributed by atoms with E-state index in [1.165, 1.54) is 6.07 Å². The van der Waals surface area contributed by atoms with E-state index >= 15 is 0 Å². The average molecular weight is 623 g/mol. The first-order valence-corrected chi connectivity index (χ1v) is 13.5. The quantitative estimate of drug-likeness (QED) is 0.129. The largest absolute Gasteiger partial charge is 0.464 e. The molecule has 1 saturated heterocycles. The number of nitrogens with one attached hydrogen (secondary N) is 1. The second-order valence-electron chi connectivity index (χ2n) is 8.81. The van der Waals surface area contributed by atoms with Crippen LogP contribution in [0.25, 0.3) is 10.9 Å². The molecule has 0 saturated carbocycles. The third-order valence-electron chi connectivity index (χ3n) is 6.09. The summed E-state index contributed by atoms with van der Waals surface area (Å²) in [6, 6.07) is 7.51. The van der Waals surface area contributed by atoms with Crippen molar-refractivity contribution in [3.8, 4) is 0 Å². The van der Waals surface area contributed by atoms with Crippen molar-refractivity contribution in [2.75, 3.05) is 25.1 Å². The first-order chi connectivity index (χ1) is 19.2. The molecule has 0 spiro atoms. The van der Waals surface area contributed by atoms with Crippen LogP contribution < -0.4 is 5.32 Å². The zero-order valence-electron chi connectivity index (χ0n) is 21.9. The fraction of sp³-hybridized carbons (Fsp3) is 0.423. The van der Waals surface area contributed by atoms with Gasteiger partial charge in [0.05, 0.1) is 36.0 Å². The first kappa shape index (κ1) is 29.4. The summed E-state index contributed by atoms with van der Waals surface area (Å²) in [4.78, 5) is 35.5. The topological polar surface area (TPSA) is 144 Å². The second kappa shape index (κ2) is 13.2. The van der Waals surface area contributed by atoms with Gasteiger partial charge in [-0.05, 0) is 63.4 Å². The number of nitrogens with zero attached hydrogens (tertiary/aromatic N) is 3. The van der Waals surface area contributed by atoms with Crippen LogP contribution in [0.3, 0.4) is 0 Å². The number of hydrogen-bond donors (Lipinski definition) is 1. The van der Waals surface area contributed by atoms with E-state index in [1.54, 1.807) is 36.7 Å². The molecule has 0 bridgehead atoms. The van der Waals surface area contributed by atoms with Gasteiger partial charge in [-0.25, -0.2) is 14.3 Å². The lowest BCUT2D eigenvalue weighted by molar-refractivity contribution is -0.386. The van der Waals surface area contributed by atoms with Gasteiger partial charge < -0.3 is 24.3 Å². The van der Waals surface area contributed by atoms with Gasteiger partial charge in [0.1, 0.15) is 5.69 Å². The van der Waals surface area contributed by atoms with E-state index < -0.39 is 34.5 Å². The SMILES string of the molecule is CCOC(=O)C(OCc1nn(C2CCCCO2)c2cc(Nc3cc(Br)cc(F)c3[N+](=O)[O-])ccc12)C(=O)OCC. The molecule has 1 N–H and O–H groups in total. The predicted octanol–water partition coefficient (Wildman–Crippen LogP) is 5.30. The number of nitro benzene ring substituents is 1. The number of benzene rings is 2. The second-order valence-corrected chi connectivity index (χ2v) is 9.72. The highest BCUT2D eigenvalue weighted by Crippen LogP contribution is 2.36. The zero-order chi connectivity index (χ0) is 28.8. The highest BCUT2D eigenvalue weighted by atomic mass is 79.9. The molecule has 0 radical (unpaired) electrons. The smallest absolute Gasteiger partial charge is 0.347 e. The Morgan fingerprint density at radius 2 is 1.95 bits per heavy atom. The van der Waals surface area contributed by atoms with Crippen LogP contribution in [0.15, 0.2) is 34.8 Å². The van der Waals surface area contributed by atoms with Crippen LogP contribution in [-0.2, 0) is 35.1 Å². The highest BCUT2D eigenvalue weighted by molar-refractivity contribution is 9.10. The Bertz CT molecular complexity index is 1390. The van der Waals surface area contributed by atoms with Gasteiger partial charge in [0.15, 0.2) is 6.23 Å². The normalized spacial score (nSPS) is 15.3. The van der Waals surface area contributed by atoms with Crippen molar-refractivity contribution in [3.05, 3.63) is 56.4 Å². The maximum Gasteiger partial charge on any atom is 0.347 e. The summed E-state index contributed by atoms with van der Waals surface area (Å²) in [5.41, 5.74) is 0.747. The van der Waals surface area contributed by atoms with E-state index in [0.29, 0.717) is 39.8 Å². The van der Waals surface area contributed by atoms with Crippen molar-refractivity contribution in [2.24, 2.45) is 0 Å². The average Bonchev–Trinajstić information content (AvgIpc) is 3.27. The molecule has 1 fully saturated rings. The Morgan fingerprint density at radius 1 is 1.23 bits per heavy atom. The van der Waals surface area contributed by atoms with Crippen molar-refractivity contribution in [3.63, 3.8) is 0 Å². The van der Waals surface area contributed by atoms with Gasteiger partial charge in [-0.15, -0.1) is 0 Å². The number of fused-ring (bicyclic) bond motifs is 1. The number of hydrogen-bond acceptors (Lipinski definition) is 10. The summed E-state index contributed by atoms with van der Waals surface area (Å²) in [5, 5.41) is 19.8. The Morgan fingerprint density at radius 3 is 2.58 bits per heavy atom. The number of nitro groups is 1. The van der Waals surface area contributed by atoms with Crippen molar-refractivity contribution in [1.29, 1.82) is 0 Å². The van der Waals surface area contributed by atoms with Crippen molar-refractivity contribution in [2.45, 2.75) is 52.0 Å². The molecule has 3 aromatic rings. The van der Waals surface area contributed by atoms with Crippen molar-refractivity contribution >= 4 is 55.8 Å². The molecule has 1 aliphatic rings. The van der Waals surface area contributed by atoms with Gasteiger partial charge in [-0.2, -0.15) is 9.49 Å². The molecular weight excluding hydrogens is 595 g/mol. The van der Waals surface area contributed by atoms with Gasteiger partial charge in [-0.3, -0.25) is 10.1 Å². The van der Waals surface area contributed by atoms with Crippen LogP contribution in [-0.4, -0.2) is 52.6 Å². The van der Waals surface area contributed by atoms with Gasteiger partial charge in [0.25, 0.3) is 6.10 Å². The summed E-state index contributed by atoms with van der Waals surface area (Å²) in [6.45, 7) is 3.68. The summed E-state index contributed by atoms with van der Waals surface area (Å²) >= 11 is 3.17. The third-order valence-corrected chi connectivity index (χ3v) is 6.55. The minimum Gasteiger partial charge on any atom is -0.464 e. The molecule has 214 valence electrons. The third kappa shape index (κ3) is 6.57. The molecule has 2 heterocycles. The van der Waals surface area contributed by atoms with Crippen LogP contribution >= 0.6 is 15.9 Å². The van der Waals surface area contributed by atoms with E-state index in [9.17, 15) is 24.1 Å². The van der Waals surface area contributed by atoms with Crippen LogP contribution in [0.5, 0.6) is 0 Å². The molecule has 12 nitrogen and oxygen atoms in total. The van der Waals surface area contributed by atoms with Crippen molar-refractivity contribution < 1.29 is 37.9 Å². The summed E-state index contributed by atoms with van der Waals surface area (Å²) in [7, 11) is 0. The molecular formula is C26H28BrFN4O8. The minimum atomic E-state index is -1.58. The summed E-state index contributed by atoms with van der Waals surface area (Å²) in [5.74, 6) is -2.72. The number of ether oxygens (including phenoxy) is 4. The van der Waals surface area contributed by atoms with Crippen LogP contribution in [0.4, 0.5) is 21.5 Å². The number of anilines is 2. The van der Waals surface area contributed by atoms with Crippen LogP contribution in [0.1, 0.15) is 45.0 Å². The maximum absolute atomic E-state index is 14.4. The molecule has 1 unspecified atom stereocenters. The van der Waals surface area contributed by atoms with Crippen LogP contribution in [0.2, 0.25) is 0 Å². The van der Waals surface area contributed by atoms with Gasteiger partial charge in [0, 0.05) is 22.2 Å². The lowest BCUT2D eigenvalue weighted by Crippen LogP contribution is -2.36. The summed E-state index contributed by atoms with van der Waals surface area (Å²) in [6.07, 6.45) is 0.568. The molecule has 4 rings (SSSR count). The molecule has 2 aromatic carbocycles. The van der Waals surface area contributed by atoms with Crippen LogP contribution in [0, 0.1) is 15.9 Å². The number of aromatic nitrogens is 2. The molecule has 40 heavy (non-hydrogen) atoms. The maximum atomic E-state index is 14.4. The number of carbonyl (C=O) groups is 2. The number of rotatable bonds is 11.